The molecule has 0 saturated carbocycles. The van der Waals surface area contributed by atoms with Crippen molar-refractivity contribution in [1.29, 1.82) is 0 Å². The van der Waals surface area contributed by atoms with Crippen molar-refractivity contribution < 1.29 is 23.8 Å². The summed E-state index contributed by atoms with van der Waals surface area (Å²) in [6, 6.07) is 3.68. The molecule has 0 unspecified atom stereocenters. The first-order valence-electron chi connectivity index (χ1n) is 26.9. The number of carbonyl (C=O) groups excluding carboxylic acids is 2. The highest BCUT2D eigenvalue weighted by atomic mass is 16.5. The van der Waals surface area contributed by atoms with E-state index >= 15 is 0 Å². The van der Waals surface area contributed by atoms with E-state index in [1.807, 2.05) is 12.1 Å². The molecule has 0 atom stereocenters. The molecular weight excluding hydrogens is 771 g/mol. The maximum Gasteiger partial charge on any atom is 0.251 e. The van der Waals surface area contributed by atoms with Crippen LogP contribution in [0.25, 0.3) is 0 Å². The Morgan fingerprint density at radius 1 is 0.419 bits per heavy atom. The van der Waals surface area contributed by atoms with Crippen molar-refractivity contribution in [3.8, 4) is 17.2 Å². The molecule has 362 valence electrons. The van der Waals surface area contributed by atoms with Gasteiger partial charge in [-0.15, -0.1) is 0 Å². The van der Waals surface area contributed by atoms with Crippen LogP contribution in [0.2, 0.25) is 0 Å². The van der Waals surface area contributed by atoms with Gasteiger partial charge in [0, 0.05) is 25.1 Å². The lowest BCUT2D eigenvalue weighted by molar-refractivity contribution is -0.121. The molecule has 62 heavy (non-hydrogen) atoms. The lowest BCUT2D eigenvalue weighted by Crippen LogP contribution is -2.28. The van der Waals surface area contributed by atoms with Crippen LogP contribution in [0, 0.1) is 0 Å². The summed E-state index contributed by atoms with van der Waals surface area (Å²) in [6.45, 7) is 10.4. The first-order valence-corrected chi connectivity index (χ1v) is 26.9. The lowest BCUT2D eigenvalue weighted by Gasteiger charge is -2.19. The molecule has 1 aromatic rings. The van der Waals surface area contributed by atoms with Gasteiger partial charge in [-0.1, -0.05) is 213 Å². The van der Waals surface area contributed by atoms with E-state index in [0.29, 0.717) is 68.6 Å². The standard InChI is InChI=1S/C54H101N3O5/c1-4-7-10-13-16-19-22-25-31-36-44-60-50-47-49(54(59)57-43-39-40-52(58)56-42-35-30-28-29-34-41-55)48-51(61-45-37-32-26-23-20-17-14-11-8-5-2)53(50)62-46-38-33-27-24-21-18-15-12-9-6-3/h47-48H,4-46,55H2,1-3H3,(H,56,58)(H,57,59). The number of rotatable bonds is 48. The van der Waals surface area contributed by atoms with Gasteiger partial charge in [0.2, 0.25) is 11.7 Å². The fraction of sp³-hybridized carbons (Fsp3) is 0.852. The molecule has 0 spiro atoms. The van der Waals surface area contributed by atoms with E-state index in [1.165, 1.54) is 154 Å². The van der Waals surface area contributed by atoms with Crippen LogP contribution in [0.4, 0.5) is 0 Å². The van der Waals surface area contributed by atoms with Gasteiger partial charge in [0.1, 0.15) is 0 Å². The number of carbonyl (C=O) groups is 2. The van der Waals surface area contributed by atoms with Crippen LogP contribution < -0.4 is 30.6 Å². The third-order valence-electron chi connectivity index (χ3n) is 12.1. The number of hydrogen-bond donors (Lipinski definition) is 3. The second kappa shape index (κ2) is 45.1. The Morgan fingerprint density at radius 3 is 1.16 bits per heavy atom. The Kier molecular flexibility index (Phi) is 41.9. The minimum atomic E-state index is -0.184. The first kappa shape index (κ1) is 57.5. The Bertz CT molecular complexity index is 1100. The van der Waals surface area contributed by atoms with Gasteiger partial charge >= 0.3 is 0 Å². The second-order valence-electron chi connectivity index (χ2n) is 18.2. The third-order valence-corrected chi connectivity index (χ3v) is 12.1. The number of amides is 2. The first-order chi connectivity index (χ1) is 30.6. The SMILES string of the molecule is CCCCCCCCCCCCOc1cc(C(=O)NCCCC(=O)NCCCCCCCN)cc(OCCCCCCCCCCCC)c1OCCCCCCCCCCCC. The molecule has 0 bridgehead atoms. The van der Waals surface area contributed by atoms with Gasteiger partial charge in [-0.2, -0.15) is 0 Å². The maximum atomic E-state index is 13.6. The van der Waals surface area contributed by atoms with Gasteiger partial charge in [-0.25, -0.2) is 0 Å². The quantitative estimate of drug-likeness (QED) is 0.0562. The Morgan fingerprint density at radius 2 is 0.758 bits per heavy atom. The Balaban J connectivity index is 2.90. The van der Waals surface area contributed by atoms with Crippen LogP contribution in [-0.4, -0.2) is 51.3 Å². The summed E-state index contributed by atoms with van der Waals surface area (Å²) in [4.78, 5) is 26.1. The molecule has 0 aliphatic carbocycles. The minimum absolute atomic E-state index is 0.0374. The molecule has 0 fully saturated rings. The van der Waals surface area contributed by atoms with Crippen molar-refractivity contribution in [2.45, 2.75) is 258 Å². The predicted molar refractivity (Wildman–Crippen MR) is 265 cm³/mol. The zero-order valence-corrected chi connectivity index (χ0v) is 41.2. The van der Waals surface area contributed by atoms with E-state index in [4.69, 9.17) is 19.9 Å². The Labute approximate surface area is 383 Å². The van der Waals surface area contributed by atoms with Crippen molar-refractivity contribution in [2.24, 2.45) is 5.73 Å². The van der Waals surface area contributed by atoms with E-state index in [-0.39, 0.29) is 11.8 Å². The highest BCUT2D eigenvalue weighted by molar-refractivity contribution is 5.95. The van der Waals surface area contributed by atoms with Crippen LogP contribution in [0.15, 0.2) is 12.1 Å². The molecule has 1 aromatic carbocycles. The number of benzene rings is 1. The molecule has 4 N–H and O–H groups in total. The highest BCUT2D eigenvalue weighted by Crippen LogP contribution is 2.40. The molecule has 2 amide bonds. The molecule has 0 saturated heterocycles. The van der Waals surface area contributed by atoms with Crippen LogP contribution in [0.5, 0.6) is 17.2 Å². The van der Waals surface area contributed by atoms with E-state index in [1.54, 1.807) is 0 Å². The van der Waals surface area contributed by atoms with Gasteiger partial charge < -0.3 is 30.6 Å². The van der Waals surface area contributed by atoms with Crippen LogP contribution >= 0.6 is 0 Å². The zero-order valence-electron chi connectivity index (χ0n) is 41.2. The summed E-state index contributed by atoms with van der Waals surface area (Å²) >= 11 is 0. The monoisotopic (exact) mass is 872 g/mol. The lowest BCUT2D eigenvalue weighted by atomic mass is 10.1. The van der Waals surface area contributed by atoms with Crippen molar-refractivity contribution in [3.05, 3.63) is 17.7 Å². The van der Waals surface area contributed by atoms with Gasteiger partial charge in [-0.3, -0.25) is 9.59 Å². The topological polar surface area (TPSA) is 112 Å². The summed E-state index contributed by atoms with van der Waals surface area (Å²) in [5.41, 5.74) is 6.09. The smallest absolute Gasteiger partial charge is 0.251 e. The largest absolute Gasteiger partial charge is 0.490 e. The summed E-state index contributed by atoms with van der Waals surface area (Å²) in [6.07, 6.45) is 44.4. The van der Waals surface area contributed by atoms with Crippen LogP contribution in [-0.2, 0) is 4.79 Å². The molecule has 0 heterocycles. The summed E-state index contributed by atoms with van der Waals surface area (Å²) in [5, 5.41) is 6.09. The van der Waals surface area contributed by atoms with Gasteiger partial charge in [0.25, 0.3) is 5.91 Å². The number of unbranched alkanes of at least 4 members (excludes halogenated alkanes) is 31. The molecule has 0 aliphatic heterocycles. The average Bonchev–Trinajstić information content (AvgIpc) is 3.28. The van der Waals surface area contributed by atoms with Gasteiger partial charge in [0.05, 0.1) is 19.8 Å². The third kappa shape index (κ3) is 34.9. The predicted octanol–water partition coefficient (Wildman–Crippen LogP) is 15.1. The summed E-state index contributed by atoms with van der Waals surface area (Å²) < 4.78 is 19.5. The zero-order chi connectivity index (χ0) is 44.8. The average molecular weight is 872 g/mol. The fourth-order valence-electron chi connectivity index (χ4n) is 8.04. The summed E-state index contributed by atoms with van der Waals surface area (Å²) in [7, 11) is 0. The molecule has 0 aliphatic rings. The highest BCUT2D eigenvalue weighted by Gasteiger charge is 2.19. The normalized spacial score (nSPS) is 11.2. The molecular formula is C54H101N3O5. The van der Waals surface area contributed by atoms with Crippen LogP contribution in [0.1, 0.15) is 269 Å². The minimum Gasteiger partial charge on any atom is -0.490 e. The molecule has 8 heteroatoms. The number of hydrogen-bond acceptors (Lipinski definition) is 6. The number of nitrogens with two attached hydrogens (primary N) is 1. The second-order valence-corrected chi connectivity index (χ2v) is 18.2. The molecule has 0 aromatic heterocycles. The maximum absolute atomic E-state index is 13.6. The van der Waals surface area contributed by atoms with Crippen molar-refractivity contribution in [2.75, 3.05) is 39.5 Å². The van der Waals surface area contributed by atoms with Crippen molar-refractivity contribution >= 4 is 11.8 Å². The molecule has 0 radical (unpaired) electrons. The number of nitrogens with one attached hydrogen (secondary N) is 2. The Hall–Kier alpha value is -2.48. The van der Waals surface area contributed by atoms with Gasteiger partial charge in [0.15, 0.2) is 11.5 Å². The van der Waals surface area contributed by atoms with E-state index in [2.05, 4.69) is 31.4 Å². The summed E-state index contributed by atoms with van der Waals surface area (Å²) in [5.74, 6) is 1.68. The number of ether oxygens (including phenoxy) is 3. The molecule has 1 rings (SSSR count). The van der Waals surface area contributed by atoms with Crippen molar-refractivity contribution in [1.82, 2.24) is 10.6 Å². The van der Waals surface area contributed by atoms with Crippen molar-refractivity contribution in [3.63, 3.8) is 0 Å². The van der Waals surface area contributed by atoms with E-state index < -0.39 is 0 Å². The van der Waals surface area contributed by atoms with E-state index in [9.17, 15) is 9.59 Å². The van der Waals surface area contributed by atoms with Crippen LogP contribution in [0.3, 0.4) is 0 Å². The fourth-order valence-corrected chi connectivity index (χ4v) is 8.04. The van der Waals surface area contributed by atoms with E-state index in [0.717, 1.165) is 77.2 Å². The molecule has 8 nitrogen and oxygen atoms in total. The van der Waals surface area contributed by atoms with Gasteiger partial charge in [-0.05, 0) is 57.2 Å².